The maximum absolute atomic E-state index is 12.9. The Bertz CT molecular complexity index is 981. The van der Waals surface area contributed by atoms with E-state index in [1.807, 2.05) is 36.9 Å². The molecule has 0 radical (unpaired) electrons. The Morgan fingerprint density at radius 1 is 1.36 bits per heavy atom. The number of nitrogens with zero attached hydrogens (tertiary/aromatic N) is 3. The Balaban J connectivity index is 1.61. The van der Waals surface area contributed by atoms with Crippen molar-refractivity contribution in [1.82, 2.24) is 14.0 Å². The van der Waals surface area contributed by atoms with E-state index in [0.717, 1.165) is 34.6 Å². The van der Waals surface area contributed by atoms with Crippen LogP contribution in [0, 0.1) is 13.8 Å². The van der Waals surface area contributed by atoms with Crippen molar-refractivity contribution in [3.8, 4) is 0 Å². The van der Waals surface area contributed by atoms with Gasteiger partial charge in [-0.15, -0.1) is 0 Å². The third kappa shape index (κ3) is 2.68. The Morgan fingerprint density at radius 2 is 2.16 bits per heavy atom. The summed E-state index contributed by atoms with van der Waals surface area (Å²) >= 11 is 1.34. The summed E-state index contributed by atoms with van der Waals surface area (Å²) in [4.78, 5) is 27.2. The molecule has 0 N–H and O–H groups in total. The molecule has 0 spiro atoms. The molecule has 7 heteroatoms. The number of amides is 1. The van der Waals surface area contributed by atoms with Crippen molar-refractivity contribution < 1.29 is 9.32 Å². The van der Waals surface area contributed by atoms with E-state index in [1.54, 1.807) is 10.0 Å². The van der Waals surface area contributed by atoms with Crippen molar-refractivity contribution in [3.05, 3.63) is 51.6 Å². The number of carbonyl (C=O) groups excluding carboxylic acids is 1. The summed E-state index contributed by atoms with van der Waals surface area (Å²) in [5.74, 6) is 0.734. The van der Waals surface area contributed by atoms with Crippen LogP contribution < -0.4 is 5.56 Å². The molecule has 3 aromatic rings. The molecule has 2 aromatic heterocycles. The molecule has 25 heavy (non-hydrogen) atoms. The van der Waals surface area contributed by atoms with Gasteiger partial charge in [-0.2, -0.15) is 0 Å². The number of aryl methyl sites for hydroxylation is 2. The number of aromatic nitrogens is 2. The van der Waals surface area contributed by atoms with Gasteiger partial charge >= 0.3 is 0 Å². The van der Waals surface area contributed by atoms with Gasteiger partial charge in [-0.1, -0.05) is 28.8 Å². The zero-order valence-electron chi connectivity index (χ0n) is 14.2. The minimum Gasteiger partial charge on any atom is -0.361 e. The second-order valence-corrected chi connectivity index (χ2v) is 7.48. The molecule has 0 unspecified atom stereocenters. The van der Waals surface area contributed by atoms with Gasteiger partial charge in [0.15, 0.2) is 0 Å². The summed E-state index contributed by atoms with van der Waals surface area (Å²) in [6, 6.07) is 7.45. The largest absolute Gasteiger partial charge is 0.361 e. The van der Waals surface area contributed by atoms with Crippen molar-refractivity contribution in [2.24, 2.45) is 0 Å². The lowest BCUT2D eigenvalue weighted by molar-refractivity contribution is -0.132. The number of likely N-dealkylation sites (tertiary alicyclic amines) is 1. The number of hydrogen-bond donors (Lipinski definition) is 0. The van der Waals surface area contributed by atoms with Gasteiger partial charge in [0.25, 0.3) is 5.56 Å². The van der Waals surface area contributed by atoms with Gasteiger partial charge < -0.3 is 9.42 Å². The van der Waals surface area contributed by atoms with Gasteiger partial charge in [0, 0.05) is 12.1 Å². The molecule has 0 aliphatic carbocycles. The second-order valence-electron chi connectivity index (χ2n) is 6.41. The highest BCUT2D eigenvalue weighted by Gasteiger charge is 2.34. The van der Waals surface area contributed by atoms with Crippen LogP contribution >= 0.6 is 11.5 Å². The molecular formula is C18H19N3O3S. The maximum Gasteiger partial charge on any atom is 0.268 e. The molecule has 1 aliphatic heterocycles. The van der Waals surface area contributed by atoms with Crippen molar-refractivity contribution in [2.75, 3.05) is 6.54 Å². The summed E-state index contributed by atoms with van der Waals surface area (Å²) in [5.41, 5.74) is 1.75. The normalized spacial score (nSPS) is 17.5. The minimum absolute atomic E-state index is 0.0103. The SMILES string of the molecule is Cc1noc(C)c1[C@H]1CCCN1C(=O)Cn1sc2ccccc2c1=O. The number of hydrogen-bond acceptors (Lipinski definition) is 5. The standard InChI is InChI=1S/C18H19N3O3S/c1-11-17(12(2)24-19-11)14-7-5-9-20(14)16(22)10-21-18(23)13-6-3-4-8-15(13)25-21/h3-4,6,8,14H,5,7,9-10H2,1-2H3/t14-/m1/s1. The van der Waals surface area contributed by atoms with Crippen LogP contribution in [-0.4, -0.2) is 26.5 Å². The van der Waals surface area contributed by atoms with E-state index in [9.17, 15) is 9.59 Å². The van der Waals surface area contributed by atoms with Crippen molar-refractivity contribution in [1.29, 1.82) is 0 Å². The third-order valence-corrected chi connectivity index (χ3v) is 5.89. The molecule has 1 aliphatic rings. The van der Waals surface area contributed by atoms with Crippen LogP contribution in [0.25, 0.3) is 10.1 Å². The molecular weight excluding hydrogens is 338 g/mol. The van der Waals surface area contributed by atoms with Crippen LogP contribution in [0.4, 0.5) is 0 Å². The highest BCUT2D eigenvalue weighted by molar-refractivity contribution is 7.13. The molecule has 0 bridgehead atoms. The van der Waals surface area contributed by atoms with Crippen molar-refractivity contribution in [3.63, 3.8) is 0 Å². The van der Waals surface area contributed by atoms with Gasteiger partial charge in [-0.05, 0) is 38.8 Å². The molecule has 0 saturated carbocycles. The maximum atomic E-state index is 12.9. The summed E-state index contributed by atoms with van der Waals surface area (Å²) in [6.45, 7) is 4.57. The Kier molecular flexibility index (Phi) is 3.95. The lowest BCUT2D eigenvalue weighted by Gasteiger charge is -2.24. The zero-order chi connectivity index (χ0) is 17.6. The van der Waals surface area contributed by atoms with Gasteiger partial charge in [0.1, 0.15) is 12.3 Å². The highest BCUT2D eigenvalue weighted by atomic mass is 32.1. The lowest BCUT2D eigenvalue weighted by atomic mass is 10.0. The Morgan fingerprint density at radius 3 is 2.88 bits per heavy atom. The van der Waals surface area contributed by atoms with E-state index in [4.69, 9.17) is 4.52 Å². The molecule has 1 saturated heterocycles. The van der Waals surface area contributed by atoms with Crippen LogP contribution in [0.3, 0.4) is 0 Å². The van der Waals surface area contributed by atoms with Gasteiger partial charge in [-0.3, -0.25) is 13.5 Å². The van der Waals surface area contributed by atoms with E-state index in [1.165, 1.54) is 11.5 Å². The highest BCUT2D eigenvalue weighted by Crippen LogP contribution is 2.35. The fourth-order valence-electron chi connectivity index (χ4n) is 3.67. The van der Waals surface area contributed by atoms with Gasteiger partial charge in [0.2, 0.25) is 5.91 Å². The first-order valence-corrected chi connectivity index (χ1v) is 9.14. The molecule has 6 nitrogen and oxygen atoms in total. The minimum atomic E-state index is -0.0953. The number of benzene rings is 1. The number of carbonyl (C=O) groups is 1. The lowest BCUT2D eigenvalue weighted by Crippen LogP contribution is -2.35. The fraction of sp³-hybridized carbons (Fsp3) is 0.389. The molecule has 130 valence electrons. The van der Waals surface area contributed by atoms with Crippen LogP contribution in [0.5, 0.6) is 0 Å². The summed E-state index contributed by atoms with van der Waals surface area (Å²) < 4.78 is 7.73. The smallest absolute Gasteiger partial charge is 0.268 e. The molecule has 1 atom stereocenters. The molecule has 4 rings (SSSR count). The zero-order valence-corrected chi connectivity index (χ0v) is 15.0. The predicted octanol–water partition coefficient (Wildman–Crippen LogP) is 3.03. The first-order chi connectivity index (χ1) is 12.1. The average molecular weight is 357 g/mol. The van der Waals surface area contributed by atoms with E-state index >= 15 is 0 Å². The topological polar surface area (TPSA) is 68.3 Å². The van der Waals surface area contributed by atoms with Crippen LogP contribution in [-0.2, 0) is 11.3 Å². The molecule has 3 heterocycles. The van der Waals surface area contributed by atoms with Gasteiger partial charge in [-0.25, -0.2) is 0 Å². The van der Waals surface area contributed by atoms with Gasteiger partial charge in [0.05, 0.1) is 21.8 Å². The van der Waals surface area contributed by atoms with E-state index in [2.05, 4.69) is 5.16 Å². The van der Waals surface area contributed by atoms with Crippen LogP contribution in [0.1, 0.15) is 35.9 Å². The summed E-state index contributed by atoms with van der Waals surface area (Å²) in [7, 11) is 0. The average Bonchev–Trinajstić information content (AvgIpc) is 3.27. The number of fused-ring (bicyclic) bond motifs is 1. The van der Waals surface area contributed by atoms with E-state index in [0.29, 0.717) is 11.9 Å². The monoisotopic (exact) mass is 357 g/mol. The Labute approximate surface area is 148 Å². The molecule has 1 aromatic carbocycles. The quantitative estimate of drug-likeness (QED) is 0.722. The Hall–Kier alpha value is -2.41. The summed E-state index contributed by atoms with van der Waals surface area (Å²) in [5, 5.41) is 4.69. The van der Waals surface area contributed by atoms with Crippen LogP contribution in [0.15, 0.2) is 33.6 Å². The van der Waals surface area contributed by atoms with E-state index in [-0.39, 0.29) is 24.1 Å². The fourth-order valence-corrected chi connectivity index (χ4v) is 4.65. The predicted molar refractivity (Wildman–Crippen MR) is 95.8 cm³/mol. The second kappa shape index (κ2) is 6.15. The summed E-state index contributed by atoms with van der Waals surface area (Å²) in [6.07, 6.45) is 1.84. The molecule has 1 amide bonds. The molecule has 1 fully saturated rings. The first-order valence-electron chi connectivity index (χ1n) is 8.37. The first kappa shape index (κ1) is 16.1. The van der Waals surface area contributed by atoms with Crippen molar-refractivity contribution in [2.45, 2.75) is 39.3 Å². The van der Waals surface area contributed by atoms with Crippen LogP contribution in [0.2, 0.25) is 0 Å². The van der Waals surface area contributed by atoms with E-state index < -0.39 is 0 Å². The number of rotatable bonds is 3. The van der Waals surface area contributed by atoms with Crippen molar-refractivity contribution >= 4 is 27.5 Å². The third-order valence-electron chi connectivity index (χ3n) is 4.83.